The van der Waals surface area contributed by atoms with E-state index >= 15 is 0 Å². The molecule has 1 aliphatic carbocycles. The molecule has 0 bridgehead atoms. The molecular formula is C18H19NO3S. The second kappa shape index (κ2) is 6.32. The number of aliphatic hydroxyl groups is 1. The van der Waals surface area contributed by atoms with E-state index in [9.17, 15) is 13.5 Å². The summed E-state index contributed by atoms with van der Waals surface area (Å²) >= 11 is 0. The fraction of sp³-hybridized carbons (Fsp3) is 0.333. The van der Waals surface area contributed by atoms with Crippen molar-refractivity contribution < 1.29 is 13.5 Å². The van der Waals surface area contributed by atoms with Crippen LogP contribution in [-0.4, -0.2) is 25.7 Å². The van der Waals surface area contributed by atoms with E-state index in [0.29, 0.717) is 24.6 Å². The van der Waals surface area contributed by atoms with E-state index in [4.69, 9.17) is 0 Å². The van der Waals surface area contributed by atoms with Gasteiger partial charge in [-0.3, -0.25) is 0 Å². The van der Waals surface area contributed by atoms with E-state index in [-0.39, 0.29) is 11.4 Å². The van der Waals surface area contributed by atoms with Crippen LogP contribution < -0.4 is 4.72 Å². The van der Waals surface area contributed by atoms with Crippen molar-refractivity contribution in [2.24, 2.45) is 0 Å². The SMILES string of the molecule is O=S(=O)(NCCC#CC1(O)CCC1)c1cccc2ccccc12. The normalized spacial score (nSPS) is 16.4. The summed E-state index contributed by atoms with van der Waals surface area (Å²) < 4.78 is 27.5. The van der Waals surface area contributed by atoms with Gasteiger partial charge in [-0.1, -0.05) is 48.2 Å². The van der Waals surface area contributed by atoms with Gasteiger partial charge in [0.2, 0.25) is 10.0 Å². The third kappa shape index (κ3) is 3.56. The van der Waals surface area contributed by atoms with Crippen LogP contribution in [0.1, 0.15) is 25.7 Å². The van der Waals surface area contributed by atoms with Gasteiger partial charge < -0.3 is 5.11 Å². The third-order valence-corrected chi connectivity index (χ3v) is 5.60. The molecule has 2 aromatic carbocycles. The van der Waals surface area contributed by atoms with Crippen LogP contribution in [0.25, 0.3) is 10.8 Å². The zero-order valence-corrected chi connectivity index (χ0v) is 13.6. The average Bonchev–Trinajstić information content (AvgIpc) is 2.52. The highest BCUT2D eigenvalue weighted by Crippen LogP contribution is 2.30. The maximum absolute atomic E-state index is 12.5. The van der Waals surface area contributed by atoms with E-state index in [2.05, 4.69) is 16.6 Å². The summed E-state index contributed by atoms with van der Waals surface area (Å²) in [5.74, 6) is 5.68. The predicted octanol–water partition coefficient (Wildman–Crippen LogP) is 2.43. The molecule has 120 valence electrons. The van der Waals surface area contributed by atoms with Gasteiger partial charge >= 0.3 is 0 Å². The Morgan fingerprint density at radius 1 is 1.13 bits per heavy atom. The first-order chi connectivity index (χ1) is 11.0. The maximum Gasteiger partial charge on any atom is 0.241 e. The van der Waals surface area contributed by atoms with Crippen LogP contribution in [0.3, 0.4) is 0 Å². The minimum atomic E-state index is -3.57. The molecule has 3 rings (SSSR count). The molecule has 5 heteroatoms. The molecule has 23 heavy (non-hydrogen) atoms. The van der Waals surface area contributed by atoms with Gasteiger partial charge in [0.25, 0.3) is 0 Å². The number of sulfonamides is 1. The summed E-state index contributed by atoms with van der Waals surface area (Å²) in [6.45, 7) is 0.231. The number of hydrogen-bond donors (Lipinski definition) is 2. The van der Waals surface area contributed by atoms with Gasteiger partial charge in [-0.15, -0.1) is 0 Å². The van der Waals surface area contributed by atoms with E-state index in [0.717, 1.165) is 11.8 Å². The molecule has 0 atom stereocenters. The summed E-state index contributed by atoms with van der Waals surface area (Å²) in [5, 5.41) is 11.5. The van der Waals surface area contributed by atoms with Crippen LogP contribution in [0.4, 0.5) is 0 Å². The van der Waals surface area contributed by atoms with E-state index in [1.54, 1.807) is 18.2 Å². The van der Waals surface area contributed by atoms with Crippen molar-refractivity contribution in [3.05, 3.63) is 42.5 Å². The highest BCUT2D eigenvalue weighted by atomic mass is 32.2. The fourth-order valence-electron chi connectivity index (χ4n) is 2.62. The first kappa shape index (κ1) is 16.0. The Bertz CT molecular complexity index is 869. The molecule has 0 aliphatic heterocycles. The summed E-state index contributed by atoms with van der Waals surface area (Å²) in [6.07, 6.45) is 2.80. The van der Waals surface area contributed by atoms with Crippen LogP contribution in [0.2, 0.25) is 0 Å². The Balaban J connectivity index is 1.69. The van der Waals surface area contributed by atoms with Crippen LogP contribution in [0.5, 0.6) is 0 Å². The highest BCUT2D eigenvalue weighted by molar-refractivity contribution is 7.89. The van der Waals surface area contributed by atoms with Crippen molar-refractivity contribution in [2.75, 3.05) is 6.54 Å². The smallest absolute Gasteiger partial charge is 0.241 e. The van der Waals surface area contributed by atoms with Gasteiger partial charge in [0.15, 0.2) is 0 Å². The summed E-state index contributed by atoms with van der Waals surface area (Å²) in [5.41, 5.74) is -0.839. The number of fused-ring (bicyclic) bond motifs is 1. The van der Waals surface area contributed by atoms with Crippen LogP contribution in [-0.2, 0) is 10.0 Å². The predicted molar refractivity (Wildman–Crippen MR) is 90.3 cm³/mol. The lowest BCUT2D eigenvalue weighted by Gasteiger charge is -2.30. The van der Waals surface area contributed by atoms with Crippen molar-refractivity contribution in [2.45, 2.75) is 36.2 Å². The van der Waals surface area contributed by atoms with Gasteiger partial charge in [-0.2, -0.15) is 0 Å². The lowest BCUT2D eigenvalue weighted by molar-refractivity contribution is 0.0239. The molecule has 0 heterocycles. The minimum absolute atomic E-state index is 0.231. The summed E-state index contributed by atoms with van der Waals surface area (Å²) in [6, 6.07) is 12.6. The molecule has 0 radical (unpaired) electrons. The quantitative estimate of drug-likeness (QED) is 0.669. The van der Waals surface area contributed by atoms with Crippen molar-refractivity contribution in [3.63, 3.8) is 0 Å². The number of rotatable bonds is 4. The van der Waals surface area contributed by atoms with Crippen LogP contribution in [0.15, 0.2) is 47.4 Å². The van der Waals surface area contributed by atoms with Crippen LogP contribution in [0, 0.1) is 11.8 Å². The van der Waals surface area contributed by atoms with Crippen molar-refractivity contribution >= 4 is 20.8 Å². The molecule has 0 saturated heterocycles. The standard InChI is InChI=1S/C18H19NO3S/c20-18(12-6-13-18)11-3-4-14-19-23(21,22)17-10-5-8-15-7-1-2-9-16(15)17/h1-2,5,7-10,19-20H,4,6,12-14H2. The Labute approximate surface area is 136 Å². The molecule has 0 spiro atoms. The molecule has 1 aliphatic rings. The molecule has 1 saturated carbocycles. The van der Waals surface area contributed by atoms with E-state index in [1.165, 1.54) is 0 Å². The Morgan fingerprint density at radius 2 is 1.87 bits per heavy atom. The molecule has 0 unspecified atom stereocenters. The average molecular weight is 329 g/mol. The van der Waals surface area contributed by atoms with Gasteiger partial charge in [-0.05, 0) is 30.7 Å². The minimum Gasteiger partial charge on any atom is -0.378 e. The van der Waals surface area contributed by atoms with Gasteiger partial charge in [0.1, 0.15) is 5.60 Å². The van der Waals surface area contributed by atoms with Crippen molar-refractivity contribution in [1.82, 2.24) is 4.72 Å². The number of hydrogen-bond acceptors (Lipinski definition) is 3. The Morgan fingerprint density at radius 3 is 2.61 bits per heavy atom. The summed E-state index contributed by atoms with van der Waals surface area (Å²) in [4.78, 5) is 0.279. The monoisotopic (exact) mass is 329 g/mol. The fourth-order valence-corrected chi connectivity index (χ4v) is 3.88. The zero-order chi connectivity index (χ0) is 16.3. The molecule has 2 N–H and O–H groups in total. The van der Waals surface area contributed by atoms with Crippen molar-refractivity contribution in [1.29, 1.82) is 0 Å². The summed E-state index contributed by atoms with van der Waals surface area (Å²) in [7, 11) is -3.57. The maximum atomic E-state index is 12.5. The second-order valence-corrected chi connectivity index (χ2v) is 7.55. The van der Waals surface area contributed by atoms with Crippen molar-refractivity contribution in [3.8, 4) is 11.8 Å². The van der Waals surface area contributed by atoms with Crippen LogP contribution >= 0.6 is 0 Å². The van der Waals surface area contributed by atoms with Gasteiger partial charge in [0.05, 0.1) is 4.90 Å². The van der Waals surface area contributed by atoms with Gasteiger partial charge in [-0.25, -0.2) is 13.1 Å². The van der Waals surface area contributed by atoms with E-state index in [1.807, 2.05) is 24.3 Å². The molecule has 4 nitrogen and oxygen atoms in total. The molecule has 0 amide bonds. The largest absolute Gasteiger partial charge is 0.378 e. The van der Waals surface area contributed by atoms with Gasteiger partial charge in [0, 0.05) is 18.4 Å². The Hall–Kier alpha value is -1.87. The highest BCUT2D eigenvalue weighted by Gasteiger charge is 2.31. The first-order valence-electron chi connectivity index (χ1n) is 7.70. The lowest BCUT2D eigenvalue weighted by atomic mass is 9.81. The second-order valence-electron chi connectivity index (χ2n) is 5.81. The molecular weight excluding hydrogens is 310 g/mol. The molecule has 2 aromatic rings. The number of benzene rings is 2. The Kier molecular flexibility index (Phi) is 4.40. The number of nitrogens with one attached hydrogen (secondary N) is 1. The first-order valence-corrected chi connectivity index (χ1v) is 9.18. The topological polar surface area (TPSA) is 66.4 Å². The lowest BCUT2D eigenvalue weighted by Crippen LogP contribution is -2.34. The third-order valence-electron chi connectivity index (χ3n) is 4.08. The van der Waals surface area contributed by atoms with E-state index < -0.39 is 15.6 Å². The molecule has 0 aromatic heterocycles. The zero-order valence-electron chi connectivity index (χ0n) is 12.7. The molecule has 1 fully saturated rings.